The first-order valence-corrected chi connectivity index (χ1v) is 9.06. The molecular weight excluding hydrogens is 342 g/mol. The number of nitrogens with one attached hydrogen (secondary N) is 2. The van der Waals surface area contributed by atoms with Gasteiger partial charge in [-0.05, 0) is 42.3 Å². The molecule has 2 N–H and O–H groups in total. The molecule has 2 heterocycles. The van der Waals surface area contributed by atoms with Crippen molar-refractivity contribution in [2.24, 2.45) is 0 Å². The lowest BCUT2D eigenvalue weighted by molar-refractivity contribution is -0.114. The van der Waals surface area contributed by atoms with Crippen LogP contribution in [0.5, 0.6) is 0 Å². The van der Waals surface area contributed by atoms with Gasteiger partial charge in [0.25, 0.3) is 0 Å². The molecule has 1 aromatic carbocycles. The Balaban J connectivity index is 1.53. The quantitative estimate of drug-likeness (QED) is 0.871. The van der Waals surface area contributed by atoms with Crippen LogP contribution in [-0.4, -0.2) is 52.9 Å². The molecule has 7 nitrogen and oxygen atoms in total. The number of urea groups is 1. The van der Waals surface area contributed by atoms with Gasteiger partial charge in [-0.15, -0.1) is 0 Å². The van der Waals surface area contributed by atoms with Crippen LogP contribution >= 0.6 is 0 Å². The maximum absolute atomic E-state index is 12.6. The van der Waals surface area contributed by atoms with Crippen LogP contribution in [0.3, 0.4) is 0 Å². The first kappa shape index (κ1) is 18.8. The van der Waals surface area contributed by atoms with Gasteiger partial charge in [0.05, 0.1) is 0 Å². The van der Waals surface area contributed by atoms with Crippen molar-refractivity contribution in [1.29, 1.82) is 0 Å². The normalized spacial score (nSPS) is 14.7. The highest BCUT2D eigenvalue weighted by Gasteiger charge is 2.21. The Hall–Kier alpha value is -2.93. The predicted octanol–water partition coefficient (Wildman–Crippen LogP) is 2.70. The monoisotopic (exact) mass is 367 g/mol. The topological polar surface area (TPSA) is 77.6 Å². The van der Waals surface area contributed by atoms with Crippen LogP contribution in [0.4, 0.5) is 16.2 Å². The van der Waals surface area contributed by atoms with Crippen LogP contribution in [-0.2, 0) is 11.3 Å². The molecule has 0 unspecified atom stereocenters. The van der Waals surface area contributed by atoms with Gasteiger partial charge in [-0.3, -0.25) is 14.7 Å². The molecule has 1 aliphatic rings. The highest BCUT2D eigenvalue weighted by molar-refractivity contribution is 5.93. The van der Waals surface area contributed by atoms with Gasteiger partial charge in [-0.25, -0.2) is 4.79 Å². The van der Waals surface area contributed by atoms with Crippen molar-refractivity contribution >= 4 is 23.3 Å². The van der Waals surface area contributed by atoms with Crippen LogP contribution in [0, 0.1) is 6.92 Å². The smallest absolute Gasteiger partial charge is 0.321 e. The van der Waals surface area contributed by atoms with E-state index in [9.17, 15) is 9.59 Å². The molecule has 0 saturated carbocycles. The molecule has 1 aromatic heterocycles. The maximum Gasteiger partial charge on any atom is 0.321 e. The number of aryl methyl sites for hydroxylation is 1. The average Bonchev–Trinajstić information content (AvgIpc) is 2.65. The molecule has 27 heavy (non-hydrogen) atoms. The Kier molecular flexibility index (Phi) is 6.03. The summed E-state index contributed by atoms with van der Waals surface area (Å²) in [6.45, 7) is 7.29. The largest absolute Gasteiger partial charge is 0.326 e. The van der Waals surface area contributed by atoms with Crippen LogP contribution < -0.4 is 10.6 Å². The molecule has 1 saturated heterocycles. The van der Waals surface area contributed by atoms with Gasteiger partial charge >= 0.3 is 6.03 Å². The summed E-state index contributed by atoms with van der Waals surface area (Å²) >= 11 is 0. The second-order valence-electron chi connectivity index (χ2n) is 6.76. The SMILES string of the molecule is CC(=O)Nc1cc(NC(=O)N2CCN(Cc3ccncc3)CC2)ccc1C. The highest BCUT2D eigenvalue weighted by atomic mass is 16.2. The lowest BCUT2D eigenvalue weighted by atomic mass is 10.2. The fraction of sp³-hybridized carbons (Fsp3) is 0.350. The summed E-state index contributed by atoms with van der Waals surface area (Å²) in [6, 6.07) is 9.43. The van der Waals surface area contributed by atoms with E-state index in [1.807, 2.05) is 36.1 Å². The summed E-state index contributed by atoms with van der Waals surface area (Å²) in [7, 11) is 0. The Labute approximate surface area is 159 Å². The summed E-state index contributed by atoms with van der Waals surface area (Å²) in [4.78, 5) is 32.0. The molecule has 0 spiro atoms. The zero-order valence-electron chi connectivity index (χ0n) is 15.7. The third-order valence-corrected chi connectivity index (χ3v) is 4.61. The summed E-state index contributed by atoms with van der Waals surface area (Å²) in [5, 5.41) is 5.71. The molecule has 2 aromatic rings. The van der Waals surface area contributed by atoms with Crippen molar-refractivity contribution < 1.29 is 9.59 Å². The molecule has 0 radical (unpaired) electrons. The van der Waals surface area contributed by atoms with Crippen LogP contribution in [0.2, 0.25) is 0 Å². The van der Waals surface area contributed by atoms with Gasteiger partial charge < -0.3 is 15.5 Å². The number of carbonyl (C=O) groups excluding carboxylic acids is 2. The van der Waals surface area contributed by atoms with E-state index >= 15 is 0 Å². The van der Waals surface area contributed by atoms with E-state index in [0.717, 1.165) is 25.2 Å². The van der Waals surface area contributed by atoms with E-state index < -0.39 is 0 Å². The Morgan fingerprint density at radius 3 is 2.41 bits per heavy atom. The number of hydrogen-bond acceptors (Lipinski definition) is 4. The molecule has 3 rings (SSSR count). The minimum atomic E-state index is -0.133. The fourth-order valence-corrected chi connectivity index (χ4v) is 3.08. The summed E-state index contributed by atoms with van der Waals surface area (Å²) in [5.74, 6) is -0.133. The van der Waals surface area contributed by atoms with E-state index in [-0.39, 0.29) is 11.9 Å². The molecule has 0 aliphatic carbocycles. The molecule has 3 amide bonds. The summed E-state index contributed by atoms with van der Waals surface area (Å²) in [5.41, 5.74) is 3.57. The summed E-state index contributed by atoms with van der Waals surface area (Å²) in [6.07, 6.45) is 3.60. The molecule has 7 heteroatoms. The highest BCUT2D eigenvalue weighted by Crippen LogP contribution is 2.21. The number of amides is 3. The number of rotatable bonds is 4. The maximum atomic E-state index is 12.6. The zero-order chi connectivity index (χ0) is 19.2. The molecule has 0 bridgehead atoms. The third kappa shape index (κ3) is 5.27. The van der Waals surface area contributed by atoms with Crippen molar-refractivity contribution in [2.45, 2.75) is 20.4 Å². The predicted molar refractivity (Wildman–Crippen MR) is 106 cm³/mol. The number of anilines is 2. The first-order chi connectivity index (χ1) is 13.0. The van der Waals surface area contributed by atoms with Gasteiger partial charge in [0.2, 0.25) is 5.91 Å². The Morgan fingerprint density at radius 1 is 1.04 bits per heavy atom. The molecule has 142 valence electrons. The van der Waals surface area contributed by atoms with Crippen LogP contribution in [0.1, 0.15) is 18.1 Å². The van der Waals surface area contributed by atoms with Gasteiger partial charge in [-0.1, -0.05) is 6.07 Å². The van der Waals surface area contributed by atoms with Crippen molar-refractivity contribution in [1.82, 2.24) is 14.8 Å². The van der Waals surface area contributed by atoms with Gasteiger partial charge in [0, 0.05) is 63.4 Å². The van der Waals surface area contributed by atoms with Crippen molar-refractivity contribution in [2.75, 3.05) is 36.8 Å². The van der Waals surface area contributed by atoms with Crippen molar-refractivity contribution in [3.05, 3.63) is 53.9 Å². The van der Waals surface area contributed by atoms with E-state index in [1.54, 1.807) is 18.5 Å². The summed E-state index contributed by atoms with van der Waals surface area (Å²) < 4.78 is 0. The minimum absolute atomic E-state index is 0.115. The van der Waals surface area contributed by atoms with Crippen LogP contribution in [0.15, 0.2) is 42.7 Å². The van der Waals surface area contributed by atoms with Crippen molar-refractivity contribution in [3.8, 4) is 0 Å². The second-order valence-corrected chi connectivity index (χ2v) is 6.76. The fourth-order valence-electron chi connectivity index (χ4n) is 3.08. The van der Waals surface area contributed by atoms with E-state index in [4.69, 9.17) is 0 Å². The first-order valence-electron chi connectivity index (χ1n) is 9.06. The number of piperazine rings is 1. The number of pyridine rings is 1. The van der Waals surface area contributed by atoms with Gasteiger partial charge in [0.15, 0.2) is 0 Å². The van der Waals surface area contributed by atoms with Gasteiger partial charge in [-0.2, -0.15) is 0 Å². The molecular formula is C20H25N5O2. The molecule has 1 fully saturated rings. The average molecular weight is 367 g/mol. The number of benzene rings is 1. The molecule has 1 aliphatic heterocycles. The molecule has 0 atom stereocenters. The van der Waals surface area contributed by atoms with E-state index in [1.165, 1.54) is 12.5 Å². The number of nitrogens with zero attached hydrogens (tertiary/aromatic N) is 3. The zero-order valence-corrected chi connectivity index (χ0v) is 15.7. The Bertz CT molecular complexity index is 801. The van der Waals surface area contributed by atoms with Crippen molar-refractivity contribution in [3.63, 3.8) is 0 Å². The lowest BCUT2D eigenvalue weighted by Gasteiger charge is -2.34. The van der Waals surface area contributed by atoms with E-state index in [2.05, 4.69) is 20.5 Å². The van der Waals surface area contributed by atoms with Crippen LogP contribution in [0.25, 0.3) is 0 Å². The van der Waals surface area contributed by atoms with Gasteiger partial charge in [0.1, 0.15) is 0 Å². The number of carbonyl (C=O) groups is 2. The third-order valence-electron chi connectivity index (χ3n) is 4.61. The lowest BCUT2D eigenvalue weighted by Crippen LogP contribution is -2.49. The minimum Gasteiger partial charge on any atom is -0.326 e. The standard InChI is InChI=1S/C20H25N5O2/c1-15-3-4-18(13-19(15)22-16(2)26)23-20(27)25-11-9-24(10-12-25)14-17-5-7-21-8-6-17/h3-8,13H,9-12,14H2,1-2H3,(H,22,26)(H,23,27). The second kappa shape index (κ2) is 8.64. The van der Waals surface area contributed by atoms with E-state index in [0.29, 0.717) is 24.5 Å². The Morgan fingerprint density at radius 2 is 1.74 bits per heavy atom. The number of aromatic nitrogens is 1. The number of hydrogen-bond donors (Lipinski definition) is 2.